The van der Waals surface area contributed by atoms with Crippen LogP contribution in [0.4, 0.5) is 4.39 Å². The average Bonchev–Trinajstić information content (AvgIpc) is 3.78. The molecule has 2 atom stereocenters. The predicted molar refractivity (Wildman–Crippen MR) is 225 cm³/mol. The Morgan fingerprint density at radius 2 is 1.52 bits per heavy atom. The Bertz CT molecular complexity index is 2160. The van der Waals surface area contributed by atoms with Crippen LogP contribution in [0.3, 0.4) is 0 Å². The molecule has 0 radical (unpaired) electrons. The molecule has 2 aromatic heterocycles. The zero-order valence-corrected chi connectivity index (χ0v) is 35.2. The molecule has 342 valence electrons. The molecule has 2 saturated heterocycles. The lowest BCUT2D eigenvalue weighted by Crippen LogP contribution is -2.51. The summed E-state index contributed by atoms with van der Waals surface area (Å²) in [6.45, 7) is 1.55. The highest BCUT2D eigenvalue weighted by Gasteiger charge is 2.29. The normalized spacial score (nSPS) is 16.6. The third-order valence-corrected chi connectivity index (χ3v) is 10.6. The molecule has 5 amide bonds. The number of nitriles is 1. The number of aromatic nitrogens is 2. The summed E-state index contributed by atoms with van der Waals surface area (Å²) in [7, 11) is 0. The van der Waals surface area contributed by atoms with Crippen LogP contribution in [0, 0.1) is 17.3 Å². The number of benzene rings is 1. The summed E-state index contributed by atoms with van der Waals surface area (Å²) < 4.78 is 19.2. The SMILES string of the molecule is N#C[C@@H]1CCCN1C(=O)CNC(=O)c1ccnc2ccc(OCCCNC(=O)[C@H](CCNC(=O)c3ccc(F)nc3)NC(=O)CN3CCN(CC(=O)O)CCN(CC(=O)O)CC3)cc12. The summed E-state index contributed by atoms with van der Waals surface area (Å²) in [5, 5.41) is 39.3. The van der Waals surface area contributed by atoms with Crippen molar-refractivity contribution in [2.75, 3.05) is 91.7 Å². The fraction of sp³-hybridized carbons (Fsp3) is 0.476. The first-order valence-corrected chi connectivity index (χ1v) is 20.9. The van der Waals surface area contributed by atoms with Gasteiger partial charge in [-0.2, -0.15) is 9.65 Å². The molecule has 3 aromatic rings. The van der Waals surface area contributed by atoms with Crippen molar-refractivity contribution in [3.05, 3.63) is 65.9 Å². The number of halogens is 1. The van der Waals surface area contributed by atoms with Gasteiger partial charge in [0, 0.05) is 76.7 Å². The van der Waals surface area contributed by atoms with Crippen LogP contribution in [-0.4, -0.2) is 185 Å². The van der Waals surface area contributed by atoms with Gasteiger partial charge in [0.25, 0.3) is 11.8 Å². The standard InChI is InChI=1S/C42H52FN11O10/c43-35-7-4-28(23-48-35)40(61)47-12-9-34(50-36(55)25-51-14-16-52(26-38(57)58)18-19-53(17-15-51)27-39(59)60)42(63)46-10-2-20-64-30-5-6-33-32(21-30)31(8-11-45-33)41(62)49-24-37(56)54-13-1-3-29(54)22-44/h4-8,11,21,23,29,34H,1-3,9-10,12-20,24-27H2,(H,46,63)(H,47,61)(H,49,62)(H,50,55)(H,57,58)(H,59,60)/t29-,34-/m0/s1. The monoisotopic (exact) mass is 889 g/mol. The van der Waals surface area contributed by atoms with E-state index in [9.17, 15) is 53.4 Å². The van der Waals surface area contributed by atoms with Gasteiger partial charge in [-0.25, -0.2) is 4.98 Å². The van der Waals surface area contributed by atoms with E-state index in [1.165, 1.54) is 23.2 Å². The Morgan fingerprint density at radius 1 is 0.828 bits per heavy atom. The van der Waals surface area contributed by atoms with Crippen molar-refractivity contribution in [1.29, 1.82) is 5.26 Å². The highest BCUT2D eigenvalue weighted by molar-refractivity contribution is 6.07. The number of likely N-dealkylation sites (tertiary alicyclic amines) is 1. The van der Waals surface area contributed by atoms with Crippen molar-refractivity contribution in [2.45, 2.75) is 37.8 Å². The highest BCUT2D eigenvalue weighted by atomic mass is 19.1. The molecule has 6 N–H and O–H groups in total. The van der Waals surface area contributed by atoms with Gasteiger partial charge in [-0.15, -0.1) is 0 Å². The number of hydrogen-bond donors (Lipinski definition) is 6. The molecule has 22 heteroatoms. The van der Waals surface area contributed by atoms with Crippen molar-refractivity contribution < 1.29 is 52.9 Å². The molecule has 21 nitrogen and oxygen atoms in total. The average molecular weight is 890 g/mol. The number of carbonyl (C=O) groups is 7. The number of amides is 5. The molecule has 2 aliphatic rings. The van der Waals surface area contributed by atoms with E-state index in [0.717, 1.165) is 18.7 Å². The third-order valence-electron chi connectivity index (χ3n) is 10.6. The second kappa shape index (κ2) is 24.1. The van der Waals surface area contributed by atoms with E-state index in [1.807, 2.05) is 0 Å². The number of nitrogens with zero attached hydrogens (tertiary/aromatic N) is 7. The van der Waals surface area contributed by atoms with Gasteiger partial charge in [-0.3, -0.25) is 53.2 Å². The Kier molecular flexibility index (Phi) is 18.2. The van der Waals surface area contributed by atoms with E-state index < -0.39 is 53.6 Å². The Labute approximate surface area is 367 Å². The Balaban J connectivity index is 1.16. The predicted octanol–water partition coefficient (Wildman–Crippen LogP) is -0.708. The number of fused-ring (bicyclic) bond motifs is 1. The molecule has 2 fully saturated rings. The van der Waals surface area contributed by atoms with Crippen LogP contribution in [0.1, 0.15) is 46.4 Å². The molecular formula is C42H52FN11O10. The summed E-state index contributed by atoms with van der Waals surface area (Å²) >= 11 is 0. The lowest BCUT2D eigenvalue weighted by atomic mass is 10.1. The van der Waals surface area contributed by atoms with Crippen LogP contribution in [0.2, 0.25) is 0 Å². The minimum Gasteiger partial charge on any atom is -0.494 e. The van der Waals surface area contributed by atoms with E-state index in [0.29, 0.717) is 75.3 Å². The third kappa shape index (κ3) is 14.9. The maximum absolute atomic E-state index is 13.5. The number of pyridine rings is 2. The van der Waals surface area contributed by atoms with E-state index in [4.69, 9.17) is 4.74 Å². The van der Waals surface area contributed by atoms with Crippen molar-refractivity contribution >= 4 is 52.4 Å². The van der Waals surface area contributed by atoms with E-state index in [2.05, 4.69) is 37.3 Å². The fourth-order valence-electron chi connectivity index (χ4n) is 7.26. The van der Waals surface area contributed by atoms with E-state index in [1.54, 1.807) is 32.9 Å². The van der Waals surface area contributed by atoms with Gasteiger partial charge in [-0.05, 0) is 62.1 Å². The van der Waals surface area contributed by atoms with Crippen LogP contribution in [0.5, 0.6) is 5.75 Å². The minimum absolute atomic E-state index is 0.0267. The summed E-state index contributed by atoms with van der Waals surface area (Å²) in [4.78, 5) is 103. The molecule has 1 aromatic carbocycles. The maximum Gasteiger partial charge on any atom is 0.317 e. The van der Waals surface area contributed by atoms with Crippen LogP contribution in [0.15, 0.2) is 48.8 Å². The van der Waals surface area contributed by atoms with Gasteiger partial charge < -0.3 is 41.1 Å². The second-order valence-electron chi connectivity index (χ2n) is 15.2. The van der Waals surface area contributed by atoms with Crippen molar-refractivity contribution in [2.24, 2.45) is 0 Å². The van der Waals surface area contributed by atoms with E-state index >= 15 is 0 Å². The number of carbonyl (C=O) groups excluding carboxylic acids is 5. The molecular weight excluding hydrogens is 838 g/mol. The first kappa shape index (κ1) is 48.2. The largest absolute Gasteiger partial charge is 0.494 e. The molecule has 0 spiro atoms. The summed E-state index contributed by atoms with van der Waals surface area (Å²) in [6, 6.07) is 9.32. The number of rotatable bonds is 20. The van der Waals surface area contributed by atoms with Gasteiger partial charge in [0.2, 0.25) is 23.7 Å². The summed E-state index contributed by atoms with van der Waals surface area (Å²) in [5.41, 5.74) is 0.883. The summed E-state index contributed by atoms with van der Waals surface area (Å²) in [6.07, 6.45) is 4.17. The quantitative estimate of drug-likeness (QED) is 0.0604. The van der Waals surface area contributed by atoms with Crippen LogP contribution < -0.4 is 26.0 Å². The Hall–Kier alpha value is -6.83. The van der Waals surface area contributed by atoms with Crippen molar-refractivity contribution in [1.82, 2.24) is 50.8 Å². The topological polar surface area (TPSA) is 280 Å². The molecule has 0 aliphatic carbocycles. The lowest BCUT2D eigenvalue weighted by molar-refractivity contribution is -0.140. The minimum atomic E-state index is -1.11. The zero-order chi connectivity index (χ0) is 46.0. The second-order valence-corrected chi connectivity index (χ2v) is 15.2. The highest BCUT2D eigenvalue weighted by Crippen LogP contribution is 2.23. The number of ether oxygens (including phenoxy) is 1. The van der Waals surface area contributed by atoms with Gasteiger partial charge in [0.1, 0.15) is 17.8 Å². The first-order chi connectivity index (χ1) is 30.8. The van der Waals surface area contributed by atoms with Crippen molar-refractivity contribution in [3.63, 3.8) is 0 Å². The molecule has 0 unspecified atom stereocenters. The van der Waals surface area contributed by atoms with Crippen LogP contribution in [0.25, 0.3) is 10.9 Å². The Morgan fingerprint density at radius 3 is 2.16 bits per heavy atom. The number of nitrogens with one attached hydrogen (secondary N) is 4. The number of hydrogen-bond acceptors (Lipinski definition) is 14. The first-order valence-electron chi connectivity index (χ1n) is 20.9. The molecule has 2 aliphatic heterocycles. The zero-order valence-electron chi connectivity index (χ0n) is 35.2. The number of carboxylic acid groups (broad SMARTS) is 2. The lowest BCUT2D eigenvalue weighted by Gasteiger charge is -2.26. The maximum atomic E-state index is 13.5. The van der Waals surface area contributed by atoms with E-state index in [-0.39, 0.29) is 69.3 Å². The van der Waals surface area contributed by atoms with Crippen molar-refractivity contribution in [3.8, 4) is 11.8 Å². The summed E-state index contributed by atoms with van der Waals surface area (Å²) in [5.74, 6) is -4.91. The van der Waals surface area contributed by atoms with Gasteiger partial charge >= 0.3 is 11.9 Å². The van der Waals surface area contributed by atoms with Crippen LogP contribution >= 0.6 is 0 Å². The molecule has 0 bridgehead atoms. The number of carboxylic acids is 2. The molecule has 4 heterocycles. The molecule has 64 heavy (non-hydrogen) atoms. The molecule has 5 rings (SSSR count). The van der Waals surface area contributed by atoms with Gasteiger partial charge in [-0.1, -0.05) is 0 Å². The van der Waals surface area contributed by atoms with Gasteiger partial charge in [0.05, 0.1) is 55.5 Å². The fourth-order valence-corrected chi connectivity index (χ4v) is 7.26. The molecule has 0 saturated carbocycles. The smallest absolute Gasteiger partial charge is 0.317 e. The van der Waals surface area contributed by atoms with Gasteiger partial charge in [0.15, 0.2) is 0 Å². The number of aliphatic carboxylic acids is 2. The van der Waals surface area contributed by atoms with Crippen LogP contribution in [-0.2, 0) is 24.0 Å².